The van der Waals surface area contributed by atoms with Gasteiger partial charge in [-0.15, -0.1) is 5.06 Å². The Kier molecular flexibility index (Phi) is 3.42. The largest absolute Gasteiger partial charge is 0.359 e. The van der Waals surface area contributed by atoms with Gasteiger partial charge in [0.2, 0.25) is 0 Å². The maximum absolute atomic E-state index is 12.1. The van der Waals surface area contributed by atoms with Crippen LogP contribution in [-0.2, 0) is 19.2 Å². The number of rotatable bonds is 2. The molecule has 20 heavy (non-hydrogen) atoms. The fourth-order valence-electron chi connectivity index (χ4n) is 3.05. The van der Waals surface area contributed by atoms with E-state index in [4.69, 9.17) is 4.84 Å². The Morgan fingerprint density at radius 3 is 2.45 bits per heavy atom. The molecular formula is C15H17NO4. The highest BCUT2D eigenvalue weighted by Gasteiger charge is 2.40. The summed E-state index contributed by atoms with van der Waals surface area (Å²) in [6.45, 7) is 0. The monoisotopic (exact) mass is 275 g/mol. The SMILES string of the molecule is O=C(ON1C(=O)CCC1=O)C1=CC2CC/C=C/CCC12. The Balaban J connectivity index is 1.65. The average molecular weight is 275 g/mol. The number of nitrogens with zero attached hydrogens (tertiary/aromatic N) is 1. The number of fused-ring (bicyclic) bond motifs is 1. The van der Waals surface area contributed by atoms with Crippen LogP contribution in [0.1, 0.15) is 38.5 Å². The molecule has 0 aromatic carbocycles. The van der Waals surface area contributed by atoms with Crippen molar-refractivity contribution in [3.05, 3.63) is 23.8 Å². The highest BCUT2D eigenvalue weighted by atomic mass is 16.7. The van der Waals surface area contributed by atoms with E-state index in [0.717, 1.165) is 25.7 Å². The maximum Gasteiger partial charge on any atom is 0.359 e. The van der Waals surface area contributed by atoms with E-state index < -0.39 is 17.8 Å². The van der Waals surface area contributed by atoms with E-state index in [1.165, 1.54) is 0 Å². The van der Waals surface area contributed by atoms with Crippen LogP contribution in [0, 0.1) is 11.8 Å². The van der Waals surface area contributed by atoms with E-state index >= 15 is 0 Å². The topological polar surface area (TPSA) is 63.7 Å². The van der Waals surface area contributed by atoms with Gasteiger partial charge in [-0.05, 0) is 37.5 Å². The molecule has 0 bridgehead atoms. The first kappa shape index (κ1) is 13.1. The number of imide groups is 1. The van der Waals surface area contributed by atoms with Crippen molar-refractivity contribution in [1.29, 1.82) is 0 Å². The molecule has 2 amide bonds. The molecule has 0 aromatic rings. The third kappa shape index (κ3) is 2.28. The molecule has 0 radical (unpaired) electrons. The summed E-state index contributed by atoms with van der Waals surface area (Å²) in [5, 5.41) is 0.624. The molecular weight excluding hydrogens is 258 g/mol. The second kappa shape index (κ2) is 5.23. The Labute approximate surface area is 117 Å². The van der Waals surface area contributed by atoms with Crippen molar-refractivity contribution in [2.24, 2.45) is 11.8 Å². The second-order valence-electron chi connectivity index (χ2n) is 5.48. The zero-order chi connectivity index (χ0) is 14.1. The van der Waals surface area contributed by atoms with Crippen LogP contribution in [0.15, 0.2) is 23.8 Å². The number of carbonyl (C=O) groups is 3. The first-order valence-electron chi connectivity index (χ1n) is 7.11. The van der Waals surface area contributed by atoms with Crippen LogP contribution in [0.5, 0.6) is 0 Å². The van der Waals surface area contributed by atoms with E-state index in [-0.39, 0.29) is 18.8 Å². The van der Waals surface area contributed by atoms with Gasteiger partial charge in [0.1, 0.15) is 0 Å². The van der Waals surface area contributed by atoms with Gasteiger partial charge >= 0.3 is 5.97 Å². The van der Waals surface area contributed by atoms with E-state index in [9.17, 15) is 14.4 Å². The van der Waals surface area contributed by atoms with E-state index in [0.29, 0.717) is 16.6 Å². The lowest BCUT2D eigenvalue weighted by atomic mass is 9.69. The predicted octanol–water partition coefficient (Wildman–Crippen LogP) is 1.90. The number of carbonyl (C=O) groups excluding carboxylic acids is 3. The molecule has 1 fully saturated rings. The zero-order valence-electron chi connectivity index (χ0n) is 11.2. The molecule has 2 aliphatic carbocycles. The molecule has 2 atom stereocenters. The summed E-state index contributed by atoms with van der Waals surface area (Å²) in [5.41, 5.74) is 0.623. The van der Waals surface area contributed by atoms with Gasteiger partial charge in [-0.25, -0.2) is 4.79 Å². The Morgan fingerprint density at radius 2 is 1.75 bits per heavy atom. The normalized spacial score (nSPS) is 30.8. The third-order valence-corrected chi connectivity index (χ3v) is 4.20. The van der Waals surface area contributed by atoms with Gasteiger partial charge in [-0.1, -0.05) is 18.2 Å². The third-order valence-electron chi connectivity index (χ3n) is 4.20. The van der Waals surface area contributed by atoms with Crippen LogP contribution < -0.4 is 0 Å². The molecule has 106 valence electrons. The number of hydroxylamine groups is 2. The summed E-state index contributed by atoms with van der Waals surface area (Å²) in [5.74, 6) is -0.770. The van der Waals surface area contributed by atoms with Crippen molar-refractivity contribution in [3.8, 4) is 0 Å². The highest BCUT2D eigenvalue weighted by molar-refractivity contribution is 6.02. The Hall–Kier alpha value is -1.91. The molecule has 5 nitrogen and oxygen atoms in total. The minimum atomic E-state index is -0.542. The molecule has 1 heterocycles. The fraction of sp³-hybridized carbons (Fsp3) is 0.533. The lowest BCUT2D eigenvalue weighted by molar-refractivity contribution is -0.195. The molecule has 3 rings (SSSR count). The van der Waals surface area contributed by atoms with Gasteiger partial charge in [0.05, 0.1) is 0 Å². The molecule has 0 aromatic heterocycles. The molecule has 2 unspecified atom stereocenters. The molecule has 0 N–H and O–H groups in total. The van der Waals surface area contributed by atoms with Gasteiger partial charge in [0, 0.05) is 18.4 Å². The summed E-state index contributed by atoms with van der Waals surface area (Å²) >= 11 is 0. The molecule has 0 spiro atoms. The van der Waals surface area contributed by atoms with Crippen molar-refractivity contribution in [1.82, 2.24) is 5.06 Å². The molecule has 3 aliphatic rings. The summed E-state index contributed by atoms with van der Waals surface area (Å²) in [6.07, 6.45) is 10.5. The van der Waals surface area contributed by atoms with Crippen LogP contribution >= 0.6 is 0 Å². The molecule has 1 aliphatic heterocycles. The van der Waals surface area contributed by atoms with Gasteiger partial charge in [0.25, 0.3) is 11.8 Å². The van der Waals surface area contributed by atoms with E-state index in [2.05, 4.69) is 12.2 Å². The summed E-state index contributed by atoms with van der Waals surface area (Å²) in [6, 6.07) is 0. The van der Waals surface area contributed by atoms with E-state index in [1.807, 2.05) is 6.08 Å². The first-order chi connectivity index (χ1) is 9.66. The van der Waals surface area contributed by atoms with Crippen LogP contribution in [-0.4, -0.2) is 22.8 Å². The van der Waals surface area contributed by atoms with Crippen LogP contribution in [0.2, 0.25) is 0 Å². The lowest BCUT2D eigenvalue weighted by Gasteiger charge is -2.35. The number of allylic oxidation sites excluding steroid dienone is 3. The van der Waals surface area contributed by atoms with Gasteiger partial charge in [-0.3, -0.25) is 9.59 Å². The zero-order valence-corrected chi connectivity index (χ0v) is 11.2. The van der Waals surface area contributed by atoms with Crippen molar-refractivity contribution < 1.29 is 19.2 Å². The molecule has 1 saturated heterocycles. The smallest absolute Gasteiger partial charge is 0.325 e. The summed E-state index contributed by atoms with van der Waals surface area (Å²) in [4.78, 5) is 39.9. The standard InChI is InChI=1S/C15H17NO4/c17-13-7-8-14(18)16(13)20-15(19)12-9-10-5-3-1-2-4-6-11(10)12/h1-2,9-11H,3-8H2/b2-1+. The van der Waals surface area contributed by atoms with Gasteiger partial charge in [0.15, 0.2) is 0 Å². The Bertz CT molecular complexity index is 504. The van der Waals surface area contributed by atoms with E-state index in [1.54, 1.807) is 0 Å². The highest BCUT2D eigenvalue weighted by Crippen LogP contribution is 2.41. The number of hydrogen-bond acceptors (Lipinski definition) is 4. The second-order valence-corrected chi connectivity index (χ2v) is 5.48. The van der Waals surface area contributed by atoms with Gasteiger partial charge < -0.3 is 4.84 Å². The molecule has 0 saturated carbocycles. The van der Waals surface area contributed by atoms with Gasteiger partial charge in [-0.2, -0.15) is 0 Å². The van der Waals surface area contributed by atoms with Crippen LogP contribution in [0.25, 0.3) is 0 Å². The fourth-order valence-corrected chi connectivity index (χ4v) is 3.05. The maximum atomic E-state index is 12.1. The van der Waals surface area contributed by atoms with Crippen molar-refractivity contribution in [3.63, 3.8) is 0 Å². The molecule has 5 heteroatoms. The minimum absolute atomic E-state index is 0.127. The first-order valence-corrected chi connectivity index (χ1v) is 7.11. The minimum Gasteiger partial charge on any atom is -0.325 e. The van der Waals surface area contributed by atoms with Crippen LogP contribution in [0.4, 0.5) is 0 Å². The van der Waals surface area contributed by atoms with Crippen molar-refractivity contribution in [2.45, 2.75) is 38.5 Å². The quantitative estimate of drug-likeness (QED) is 0.570. The summed E-state index contributed by atoms with van der Waals surface area (Å²) in [7, 11) is 0. The summed E-state index contributed by atoms with van der Waals surface area (Å²) < 4.78 is 0. The number of amides is 2. The number of hydrogen-bond donors (Lipinski definition) is 0. The predicted molar refractivity (Wildman–Crippen MR) is 69.9 cm³/mol. The van der Waals surface area contributed by atoms with Crippen molar-refractivity contribution in [2.75, 3.05) is 0 Å². The Morgan fingerprint density at radius 1 is 1.10 bits per heavy atom. The average Bonchev–Trinajstić information content (AvgIpc) is 2.69. The van der Waals surface area contributed by atoms with Crippen molar-refractivity contribution >= 4 is 17.8 Å². The van der Waals surface area contributed by atoms with Crippen LogP contribution in [0.3, 0.4) is 0 Å². The lowest BCUT2D eigenvalue weighted by Crippen LogP contribution is -2.37.